The van der Waals surface area contributed by atoms with Crippen molar-refractivity contribution in [3.8, 4) is 0 Å². The van der Waals surface area contributed by atoms with E-state index in [-0.39, 0.29) is 82.4 Å². The number of aliphatic imine (C=N–C) groups is 2. The highest BCUT2D eigenvalue weighted by Crippen LogP contribution is 2.14. The topological polar surface area (TPSA) is 471 Å². The summed E-state index contributed by atoms with van der Waals surface area (Å²) in [5.74, 6) is -8.36. The number of rotatable bonds is 35. The number of carbonyl (C=O) groups excluding carboxylic acids is 7. The Morgan fingerprint density at radius 3 is 1.63 bits per heavy atom. The summed E-state index contributed by atoms with van der Waals surface area (Å²) in [5.41, 5.74) is 34.5. The van der Waals surface area contributed by atoms with Crippen LogP contribution in [0, 0.1) is 11.8 Å². The Hall–Kier alpha value is -7.65. The van der Waals surface area contributed by atoms with Gasteiger partial charge in [-0.2, -0.15) is 0 Å². The second-order valence-electron chi connectivity index (χ2n) is 18.3. The molecule has 8 atom stereocenters. The molecule has 0 spiro atoms. The molecule has 27 heteroatoms. The highest BCUT2D eigenvalue weighted by Gasteiger charge is 2.35. The van der Waals surface area contributed by atoms with E-state index in [0.717, 1.165) is 0 Å². The number of benzene rings is 1. The molecule has 0 bridgehead atoms. The Kier molecular flexibility index (Phi) is 28.7. The van der Waals surface area contributed by atoms with E-state index < -0.39 is 108 Å². The van der Waals surface area contributed by atoms with Crippen molar-refractivity contribution in [3.05, 3.63) is 59.8 Å². The summed E-state index contributed by atoms with van der Waals surface area (Å²) in [5, 5.41) is 38.2. The number of hydrogen-bond acceptors (Lipinski definition) is 14. The number of unbranched alkanes of at least 4 members (excludes halogenated alkanes) is 1. The Balaban J connectivity index is 2.46. The molecule has 2 rings (SSSR count). The number of imidazole rings is 1. The van der Waals surface area contributed by atoms with Crippen LogP contribution in [0.3, 0.4) is 0 Å². The number of carboxylic acids is 1. The molecule has 0 aliphatic rings. The quantitative estimate of drug-likeness (QED) is 0.0140. The molecule has 416 valence electrons. The fraction of sp³-hybridized carbons (Fsp3) is 0.562. The molecule has 0 unspecified atom stereocenters. The molecule has 1 aromatic carbocycles. The van der Waals surface area contributed by atoms with E-state index >= 15 is 0 Å². The lowest BCUT2D eigenvalue weighted by molar-refractivity contribution is -0.136. The molecule has 0 saturated heterocycles. The van der Waals surface area contributed by atoms with Crippen LogP contribution in [0.15, 0.2) is 58.5 Å². The lowest BCUT2D eigenvalue weighted by Gasteiger charge is -2.29. The number of aliphatic hydroxyl groups excluding tert-OH is 1. The summed E-state index contributed by atoms with van der Waals surface area (Å²) >= 11 is 0. The maximum Gasteiger partial charge on any atom is 0.352 e. The fourth-order valence-corrected chi connectivity index (χ4v) is 7.33. The molecule has 0 radical (unpaired) electrons. The van der Waals surface area contributed by atoms with Crippen molar-refractivity contribution in [1.29, 1.82) is 0 Å². The molecule has 7 amide bonds. The van der Waals surface area contributed by atoms with Gasteiger partial charge in [0.2, 0.25) is 41.4 Å². The molecule has 2 aromatic rings. The molecule has 0 aliphatic heterocycles. The Labute approximate surface area is 436 Å². The number of amides is 7. The minimum Gasteiger partial charge on any atom is -0.477 e. The standard InChI is InChI=1S/C48H79N17O10/c1-5-28(4)38(45(73)63-36(46(74)75)22-29-13-7-6-8-14-29)65-43(71)35(21-27(2)3)62-42(70)34(17-12-20-57-48(53)54)60-41(69)33(16-11-19-56-47(51)52)59-40(68)32(15-9-10-18-49)61-44(72)37(25-66)64-39(67)31(50)23-30-24-55-26-58-30/h6-8,13-14,22,24,26-28,31-35,37-38,66H,5,9-12,15-21,23,25,49-50H2,1-4H3,(H,55,58)(H,59,68)(H,60,69)(H,61,72)(H,62,70)(H,63,73)(H,64,67)(H,65,71)(H,74,75)(H4,51,52,56)(H4,53,54,57)/b36-22+/t28-,31-,32-,33-,34-,35-,37-,38-/m0/s1. The zero-order valence-corrected chi connectivity index (χ0v) is 43.2. The molecular weight excluding hydrogens is 975 g/mol. The van der Waals surface area contributed by atoms with Crippen molar-refractivity contribution in [2.45, 2.75) is 134 Å². The van der Waals surface area contributed by atoms with Crippen molar-refractivity contribution >= 4 is 65.3 Å². The van der Waals surface area contributed by atoms with Crippen molar-refractivity contribution in [2.24, 2.45) is 56.2 Å². The van der Waals surface area contributed by atoms with Crippen molar-refractivity contribution in [3.63, 3.8) is 0 Å². The summed E-state index contributed by atoms with van der Waals surface area (Å²) in [4.78, 5) is 124. The first-order chi connectivity index (χ1) is 35.6. The number of aliphatic carboxylic acids is 1. The highest BCUT2D eigenvalue weighted by atomic mass is 16.4. The van der Waals surface area contributed by atoms with Gasteiger partial charge in [-0.25, -0.2) is 9.78 Å². The number of nitrogens with two attached hydrogens (primary N) is 6. The SMILES string of the molecule is CC[C@H](C)[C@H](NC(=O)[C@H](CC(C)C)NC(=O)[C@H](CCCN=C(N)N)NC(=O)[C@H](CCCN=C(N)N)NC(=O)[C@H](CCCCN)NC(=O)[C@H](CO)NC(=O)[C@@H](N)Cc1cnc[nH]1)C(=O)N/C(=C/c1ccccc1)C(=O)O. The number of aromatic nitrogens is 2. The molecular formula is C48H79N17O10. The number of hydrogen-bond donors (Lipinski definition) is 16. The van der Waals surface area contributed by atoms with Crippen LogP contribution in [-0.2, 0) is 44.8 Å². The van der Waals surface area contributed by atoms with Gasteiger partial charge >= 0.3 is 5.97 Å². The van der Waals surface area contributed by atoms with E-state index in [4.69, 9.17) is 34.4 Å². The third-order valence-corrected chi connectivity index (χ3v) is 11.6. The number of H-pyrrole nitrogens is 1. The van der Waals surface area contributed by atoms with E-state index in [1.165, 1.54) is 18.6 Å². The van der Waals surface area contributed by atoms with Crippen LogP contribution < -0.4 is 71.6 Å². The lowest BCUT2D eigenvalue weighted by atomic mass is 9.96. The van der Waals surface area contributed by atoms with E-state index in [2.05, 4.69) is 57.2 Å². The molecule has 0 saturated carbocycles. The van der Waals surface area contributed by atoms with Crippen LogP contribution in [0.1, 0.15) is 96.7 Å². The van der Waals surface area contributed by atoms with Crippen LogP contribution >= 0.6 is 0 Å². The maximum atomic E-state index is 14.4. The monoisotopic (exact) mass is 1050 g/mol. The van der Waals surface area contributed by atoms with Crippen LogP contribution in [-0.4, -0.2) is 148 Å². The predicted molar refractivity (Wildman–Crippen MR) is 281 cm³/mol. The summed E-state index contributed by atoms with van der Waals surface area (Å²) in [6, 6.07) is -0.842. The van der Waals surface area contributed by atoms with Gasteiger partial charge in [0.05, 0.1) is 19.0 Å². The van der Waals surface area contributed by atoms with Gasteiger partial charge in [0.25, 0.3) is 0 Å². The van der Waals surface area contributed by atoms with E-state index in [1.807, 2.05) is 0 Å². The number of carbonyl (C=O) groups is 8. The molecule has 1 heterocycles. The molecule has 0 fully saturated rings. The summed E-state index contributed by atoms with van der Waals surface area (Å²) in [6.45, 7) is 6.54. The van der Waals surface area contributed by atoms with Gasteiger partial charge < -0.3 is 86.8 Å². The van der Waals surface area contributed by atoms with Gasteiger partial charge in [-0.1, -0.05) is 64.4 Å². The van der Waals surface area contributed by atoms with Crippen LogP contribution in [0.4, 0.5) is 0 Å². The Morgan fingerprint density at radius 2 is 1.17 bits per heavy atom. The average Bonchev–Trinajstić information content (AvgIpc) is 3.88. The number of guanidine groups is 2. The molecule has 75 heavy (non-hydrogen) atoms. The Bertz CT molecular complexity index is 2240. The first-order valence-electron chi connectivity index (χ1n) is 24.9. The van der Waals surface area contributed by atoms with Crippen LogP contribution in [0.2, 0.25) is 0 Å². The first-order valence-corrected chi connectivity index (χ1v) is 24.9. The number of nitrogens with zero attached hydrogens (tertiary/aromatic N) is 3. The fourth-order valence-electron chi connectivity index (χ4n) is 7.33. The zero-order chi connectivity index (χ0) is 56.0. The third kappa shape index (κ3) is 24.3. The molecule has 27 nitrogen and oxygen atoms in total. The van der Waals surface area contributed by atoms with Gasteiger partial charge in [-0.3, -0.25) is 43.5 Å². The highest BCUT2D eigenvalue weighted by molar-refractivity contribution is 6.00. The first kappa shape index (κ1) is 63.5. The van der Waals surface area contributed by atoms with Crippen molar-refractivity contribution in [1.82, 2.24) is 47.2 Å². The zero-order valence-electron chi connectivity index (χ0n) is 43.2. The van der Waals surface area contributed by atoms with E-state index in [0.29, 0.717) is 30.5 Å². The van der Waals surface area contributed by atoms with Gasteiger partial charge in [0.15, 0.2) is 11.9 Å². The van der Waals surface area contributed by atoms with Gasteiger partial charge in [-0.15, -0.1) is 0 Å². The lowest BCUT2D eigenvalue weighted by Crippen LogP contribution is -2.60. The van der Waals surface area contributed by atoms with Crippen LogP contribution in [0.25, 0.3) is 6.08 Å². The second-order valence-corrected chi connectivity index (χ2v) is 18.3. The minimum atomic E-state index is -1.53. The van der Waals surface area contributed by atoms with Gasteiger partial charge in [0.1, 0.15) is 41.9 Å². The molecule has 22 N–H and O–H groups in total. The summed E-state index contributed by atoms with van der Waals surface area (Å²) in [7, 11) is 0. The largest absolute Gasteiger partial charge is 0.477 e. The molecule has 0 aliphatic carbocycles. The molecule has 1 aromatic heterocycles. The number of aliphatic hydroxyl groups is 1. The average molecular weight is 1050 g/mol. The number of aromatic amines is 1. The number of nitrogens with one attached hydrogen (secondary N) is 8. The second kappa shape index (κ2) is 34.0. The normalized spacial score (nSPS) is 14.5. The smallest absolute Gasteiger partial charge is 0.352 e. The van der Waals surface area contributed by atoms with Crippen molar-refractivity contribution in [2.75, 3.05) is 26.2 Å². The van der Waals surface area contributed by atoms with Gasteiger partial charge in [0, 0.05) is 31.4 Å². The minimum absolute atomic E-state index is 0.0162. The predicted octanol–water partition coefficient (Wildman–Crippen LogP) is -3.25. The van der Waals surface area contributed by atoms with Crippen LogP contribution in [0.5, 0.6) is 0 Å². The maximum absolute atomic E-state index is 14.4. The van der Waals surface area contributed by atoms with E-state index in [1.54, 1.807) is 58.0 Å². The summed E-state index contributed by atoms with van der Waals surface area (Å²) in [6.07, 6.45) is 5.55. The summed E-state index contributed by atoms with van der Waals surface area (Å²) < 4.78 is 0. The van der Waals surface area contributed by atoms with Crippen molar-refractivity contribution < 1.29 is 48.6 Å². The number of carboxylic acid groups (broad SMARTS) is 1. The van der Waals surface area contributed by atoms with E-state index in [9.17, 15) is 48.6 Å². The third-order valence-electron chi connectivity index (χ3n) is 11.6. The van der Waals surface area contributed by atoms with Gasteiger partial charge in [-0.05, 0) is 81.4 Å². The Morgan fingerprint density at radius 1 is 0.680 bits per heavy atom.